The van der Waals surface area contributed by atoms with Crippen molar-refractivity contribution < 1.29 is 9.53 Å². The number of ether oxygens (including phenoxy) is 1. The molecule has 174 valence electrons. The van der Waals surface area contributed by atoms with Gasteiger partial charge in [0, 0.05) is 26.2 Å². The maximum Gasteiger partial charge on any atom is 0.336 e. The van der Waals surface area contributed by atoms with Gasteiger partial charge in [-0.15, -0.1) is 0 Å². The van der Waals surface area contributed by atoms with Gasteiger partial charge in [-0.3, -0.25) is 14.2 Å². The number of carbonyl (C=O) groups is 1. The van der Waals surface area contributed by atoms with Crippen molar-refractivity contribution in [3.8, 4) is 11.4 Å². The number of likely N-dealkylation sites (N-methyl/N-ethyl adjacent to an activating group) is 1. The van der Waals surface area contributed by atoms with Crippen LogP contribution in [-0.4, -0.2) is 64.7 Å². The normalized spacial score (nSPS) is 15.5. The van der Waals surface area contributed by atoms with Crippen molar-refractivity contribution in [2.45, 2.75) is 26.3 Å². The van der Waals surface area contributed by atoms with E-state index in [0.29, 0.717) is 41.9 Å². The lowest BCUT2D eigenvalue weighted by molar-refractivity contribution is -0.136. The summed E-state index contributed by atoms with van der Waals surface area (Å²) in [6.45, 7) is 7.87. The molecule has 0 radical (unpaired) electrons. The van der Waals surface area contributed by atoms with Crippen molar-refractivity contribution >= 4 is 16.8 Å². The number of fused-ring (bicyclic) bond motifs is 1. The average molecular weight is 451 g/mol. The van der Waals surface area contributed by atoms with Crippen molar-refractivity contribution in [2.75, 3.05) is 39.8 Å². The van der Waals surface area contributed by atoms with Gasteiger partial charge in [-0.2, -0.15) is 0 Å². The lowest BCUT2D eigenvalue weighted by Crippen LogP contribution is -2.52. The number of piperazine rings is 1. The molecule has 1 aromatic heterocycles. The summed E-state index contributed by atoms with van der Waals surface area (Å²) in [6.07, 6.45) is 0.442. The number of nitrogens with zero attached hydrogens (tertiary/aromatic N) is 4. The number of amides is 1. The van der Waals surface area contributed by atoms with Gasteiger partial charge in [0.15, 0.2) is 0 Å². The highest BCUT2D eigenvalue weighted by Crippen LogP contribution is 2.21. The Hall–Kier alpha value is -3.39. The van der Waals surface area contributed by atoms with Gasteiger partial charge in [0.2, 0.25) is 5.91 Å². The van der Waals surface area contributed by atoms with Crippen LogP contribution < -0.4 is 16.0 Å². The number of aromatic nitrogens is 2. The molecule has 0 bridgehead atoms. The summed E-state index contributed by atoms with van der Waals surface area (Å²) in [5, 5.41) is 0.398. The molecule has 3 aromatic rings. The topological polar surface area (TPSA) is 76.8 Å². The SMILES string of the molecule is CCC(C(=O)N1CCN(CC)CC1)n1c(=O)n(-c2ccc(OC)cc2)c(=O)c2ccccc21. The molecule has 2 aromatic carbocycles. The molecular formula is C25H30N4O4. The van der Waals surface area contributed by atoms with E-state index in [9.17, 15) is 14.4 Å². The van der Waals surface area contributed by atoms with Gasteiger partial charge in [-0.25, -0.2) is 9.36 Å². The predicted molar refractivity (Wildman–Crippen MR) is 128 cm³/mol. The molecule has 1 saturated heterocycles. The molecule has 0 aliphatic carbocycles. The fourth-order valence-corrected chi connectivity index (χ4v) is 4.51. The van der Waals surface area contributed by atoms with Crippen molar-refractivity contribution in [3.63, 3.8) is 0 Å². The minimum Gasteiger partial charge on any atom is -0.497 e. The monoisotopic (exact) mass is 450 g/mol. The van der Waals surface area contributed by atoms with E-state index in [1.54, 1.807) is 55.6 Å². The van der Waals surface area contributed by atoms with E-state index in [0.717, 1.165) is 24.2 Å². The van der Waals surface area contributed by atoms with Crippen LogP contribution in [0.2, 0.25) is 0 Å². The minimum absolute atomic E-state index is 0.0829. The van der Waals surface area contributed by atoms with E-state index >= 15 is 0 Å². The maximum absolute atomic E-state index is 13.8. The highest BCUT2D eigenvalue weighted by molar-refractivity contribution is 5.84. The second kappa shape index (κ2) is 9.62. The van der Waals surface area contributed by atoms with Crippen molar-refractivity contribution in [3.05, 3.63) is 69.4 Å². The Morgan fingerprint density at radius 2 is 1.64 bits per heavy atom. The first-order valence-electron chi connectivity index (χ1n) is 11.4. The van der Waals surface area contributed by atoms with Crippen LogP contribution in [0.4, 0.5) is 0 Å². The molecule has 1 aliphatic heterocycles. The predicted octanol–water partition coefficient (Wildman–Crippen LogP) is 2.28. The quantitative estimate of drug-likeness (QED) is 0.576. The molecular weight excluding hydrogens is 420 g/mol. The Balaban J connectivity index is 1.86. The zero-order valence-electron chi connectivity index (χ0n) is 19.4. The smallest absolute Gasteiger partial charge is 0.336 e. The third kappa shape index (κ3) is 4.18. The number of hydrogen-bond donors (Lipinski definition) is 0. The van der Waals surface area contributed by atoms with Crippen molar-refractivity contribution in [1.29, 1.82) is 0 Å². The first-order chi connectivity index (χ1) is 16.0. The van der Waals surface area contributed by atoms with Gasteiger partial charge >= 0.3 is 5.69 Å². The van der Waals surface area contributed by atoms with Gasteiger partial charge in [-0.1, -0.05) is 26.0 Å². The van der Waals surface area contributed by atoms with Crippen molar-refractivity contribution in [1.82, 2.24) is 18.9 Å². The summed E-state index contributed by atoms with van der Waals surface area (Å²) in [7, 11) is 1.56. The van der Waals surface area contributed by atoms with E-state index < -0.39 is 17.3 Å². The standard InChI is InChI=1S/C25H30N4O4/c1-4-21(24(31)27-16-14-26(5-2)15-17-27)29-22-9-7-6-8-20(22)23(30)28(25(29)32)18-10-12-19(33-3)13-11-18/h6-13,21H,4-5,14-17H2,1-3H3. The van der Waals surface area contributed by atoms with Crippen LogP contribution in [0.15, 0.2) is 58.1 Å². The third-order valence-electron chi connectivity index (χ3n) is 6.44. The van der Waals surface area contributed by atoms with Crippen LogP contribution in [0.5, 0.6) is 5.75 Å². The number of rotatable bonds is 6. The molecule has 0 N–H and O–H groups in total. The first kappa shape index (κ1) is 22.8. The van der Waals surface area contributed by atoms with Crippen LogP contribution in [0, 0.1) is 0 Å². The second-order valence-electron chi connectivity index (χ2n) is 8.19. The molecule has 33 heavy (non-hydrogen) atoms. The summed E-state index contributed by atoms with van der Waals surface area (Å²) < 4.78 is 7.85. The molecule has 8 nitrogen and oxygen atoms in total. The molecule has 1 fully saturated rings. The molecule has 0 spiro atoms. The Morgan fingerprint density at radius 1 is 0.970 bits per heavy atom. The molecule has 4 rings (SSSR count). The second-order valence-corrected chi connectivity index (χ2v) is 8.19. The molecule has 0 saturated carbocycles. The fourth-order valence-electron chi connectivity index (χ4n) is 4.51. The summed E-state index contributed by atoms with van der Waals surface area (Å²) in [6, 6.07) is 13.1. The van der Waals surface area contributed by atoms with Gasteiger partial charge in [0.25, 0.3) is 5.56 Å². The summed E-state index contributed by atoms with van der Waals surface area (Å²) in [5.41, 5.74) is -0.0130. The maximum atomic E-state index is 13.8. The Bertz CT molecular complexity index is 1250. The summed E-state index contributed by atoms with van der Waals surface area (Å²) in [4.78, 5) is 44.8. The molecule has 1 unspecified atom stereocenters. The van der Waals surface area contributed by atoms with Gasteiger partial charge in [-0.05, 0) is 49.4 Å². The van der Waals surface area contributed by atoms with Crippen LogP contribution in [0.3, 0.4) is 0 Å². The molecule has 1 amide bonds. The van der Waals surface area contributed by atoms with Gasteiger partial charge in [0.05, 0.1) is 23.7 Å². The Morgan fingerprint density at radius 3 is 2.24 bits per heavy atom. The molecule has 8 heteroatoms. The summed E-state index contributed by atoms with van der Waals surface area (Å²) >= 11 is 0. The fraction of sp³-hybridized carbons (Fsp3) is 0.400. The molecule has 2 heterocycles. The largest absolute Gasteiger partial charge is 0.497 e. The number of benzene rings is 2. The van der Waals surface area contributed by atoms with Crippen LogP contribution in [0.25, 0.3) is 16.6 Å². The zero-order chi connectivity index (χ0) is 23.5. The molecule has 1 aliphatic rings. The number of hydrogen-bond acceptors (Lipinski definition) is 5. The van der Waals surface area contributed by atoms with E-state index in [2.05, 4.69) is 11.8 Å². The Labute approximate surface area is 192 Å². The minimum atomic E-state index is -0.694. The molecule has 1 atom stereocenters. The first-order valence-corrected chi connectivity index (χ1v) is 11.4. The van der Waals surface area contributed by atoms with Crippen LogP contribution in [-0.2, 0) is 4.79 Å². The zero-order valence-corrected chi connectivity index (χ0v) is 19.4. The lowest BCUT2D eigenvalue weighted by atomic mass is 10.1. The van der Waals surface area contributed by atoms with E-state index in [1.807, 2.05) is 11.8 Å². The number of carbonyl (C=O) groups excluding carboxylic acids is 1. The number of methoxy groups -OCH3 is 1. The van der Waals surface area contributed by atoms with Crippen molar-refractivity contribution in [2.24, 2.45) is 0 Å². The van der Waals surface area contributed by atoms with Gasteiger partial charge in [0.1, 0.15) is 11.8 Å². The lowest BCUT2D eigenvalue weighted by Gasteiger charge is -2.36. The highest BCUT2D eigenvalue weighted by Gasteiger charge is 2.30. The van der Waals surface area contributed by atoms with Gasteiger partial charge < -0.3 is 14.5 Å². The summed E-state index contributed by atoms with van der Waals surface area (Å²) in [5.74, 6) is 0.543. The van der Waals surface area contributed by atoms with Crippen LogP contribution in [0.1, 0.15) is 26.3 Å². The van der Waals surface area contributed by atoms with E-state index in [1.165, 1.54) is 4.57 Å². The number of para-hydroxylation sites is 1. The van der Waals surface area contributed by atoms with Crippen LogP contribution >= 0.6 is 0 Å². The Kier molecular flexibility index (Phi) is 6.65. The average Bonchev–Trinajstić information content (AvgIpc) is 2.86. The van der Waals surface area contributed by atoms with E-state index in [-0.39, 0.29) is 5.91 Å². The highest BCUT2D eigenvalue weighted by atomic mass is 16.5. The van der Waals surface area contributed by atoms with E-state index in [4.69, 9.17) is 4.74 Å². The third-order valence-corrected chi connectivity index (χ3v) is 6.44.